The van der Waals surface area contributed by atoms with E-state index in [4.69, 9.17) is 10.00 Å². The summed E-state index contributed by atoms with van der Waals surface area (Å²) in [5, 5.41) is 8.76. The lowest BCUT2D eigenvalue weighted by Gasteiger charge is -2.38. The molecule has 1 saturated carbocycles. The molecule has 1 heterocycles. The molecular weight excluding hydrogens is 290 g/mol. The predicted molar refractivity (Wildman–Crippen MR) is 87.1 cm³/mol. The van der Waals surface area contributed by atoms with Gasteiger partial charge in [-0.2, -0.15) is 5.26 Å². The normalized spacial score (nSPS) is 19.5. The number of ether oxygens (including phenoxy) is 1. The van der Waals surface area contributed by atoms with Gasteiger partial charge in [0.05, 0.1) is 11.6 Å². The third-order valence-corrected chi connectivity index (χ3v) is 4.85. The monoisotopic (exact) mass is 313 g/mol. The number of hydrogen-bond donors (Lipinski definition) is 0. The first-order valence-electron chi connectivity index (χ1n) is 8.41. The SMILES string of the molecule is N#Cc1ccc(OCC(=O)N2CCN(C3CCCC3)CC2)cc1. The fourth-order valence-corrected chi connectivity index (χ4v) is 3.47. The predicted octanol–water partition coefficient (Wildman–Crippen LogP) is 2.02. The standard InChI is InChI=1S/C18H23N3O2/c19-13-15-5-7-17(8-6-15)23-14-18(22)21-11-9-20(10-12-21)16-3-1-2-4-16/h5-8,16H,1-4,9-12,14H2. The third kappa shape index (κ3) is 4.02. The van der Waals surface area contributed by atoms with E-state index in [0.29, 0.717) is 11.3 Å². The van der Waals surface area contributed by atoms with Crippen LogP contribution in [0.4, 0.5) is 0 Å². The minimum Gasteiger partial charge on any atom is -0.484 e. The summed E-state index contributed by atoms with van der Waals surface area (Å²) in [6.45, 7) is 3.62. The van der Waals surface area contributed by atoms with Gasteiger partial charge in [0.25, 0.3) is 5.91 Å². The molecule has 0 N–H and O–H groups in total. The van der Waals surface area contributed by atoms with Crippen molar-refractivity contribution in [3.63, 3.8) is 0 Å². The molecule has 3 rings (SSSR count). The Morgan fingerprint density at radius 2 is 1.78 bits per heavy atom. The molecule has 1 saturated heterocycles. The Morgan fingerprint density at radius 3 is 2.39 bits per heavy atom. The van der Waals surface area contributed by atoms with E-state index in [0.717, 1.165) is 32.2 Å². The van der Waals surface area contributed by atoms with Crippen LogP contribution in [0, 0.1) is 11.3 Å². The Kier molecular flexibility index (Phi) is 5.14. The van der Waals surface area contributed by atoms with E-state index in [2.05, 4.69) is 11.0 Å². The van der Waals surface area contributed by atoms with Crippen molar-refractivity contribution in [1.82, 2.24) is 9.80 Å². The lowest BCUT2D eigenvalue weighted by atomic mass is 10.2. The van der Waals surface area contributed by atoms with Crippen molar-refractivity contribution in [1.29, 1.82) is 5.26 Å². The van der Waals surface area contributed by atoms with E-state index < -0.39 is 0 Å². The maximum Gasteiger partial charge on any atom is 0.260 e. The van der Waals surface area contributed by atoms with Crippen molar-refractivity contribution in [3.05, 3.63) is 29.8 Å². The summed E-state index contributed by atoms with van der Waals surface area (Å²) in [6.07, 6.45) is 5.33. The fourth-order valence-electron chi connectivity index (χ4n) is 3.47. The van der Waals surface area contributed by atoms with Crippen molar-refractivity contribution in [3.8, 4) is 11.8 Å². The zero-order chi connectivity index (χ0) is 16.1. The molecule has 0 aromatic heterocycles. The van der Waals surface area contributed by atoms with Crippen LogP contribution in [0.25, 0.3) is 0 Å². The quantitative estimate of drug-likeness (QED) is 0.853. The largest absolute Gasteiger partial charge is 0.484 e. The van der Waals surface area contributed by atoms with Gasteiger partial charge in [-0.3, -0.25) is 9.69 Å². The highest BCUT2D eigenvalue weighted by Gasteiger charge is 2.27. The average Bonchev–Trinajstić information content (AvgIpc) is 3.15. The van der Waals surface area contributed by atoms with Crippen LogP contribution in [0.1, 0.15) is 31.2 Å². The Hall–Kier alpha value is -2.06. The van der Waals surface area contributed by atoms with Gasteiger partial charge in [-0.1, -0.05) is 12.8 Å². The van der Waals surface area contributed by atoms with Crippen molar-refractivity contribution in [2.24, 2.45) is 0 Å². The second-order valence-electron chi connectivity index (χ2n) is 6.28. The first-order valence-corrected chi connectivity index (χ1v) is 8.41. The molecule has 5 heteroatoms. The van der Waals surface area contributed by atoms with E-state index in [-0.39, 0.29) is 12.5 Å². The summed E-state index contributed by atoms with van der Waals surface area (Å²) in [5.74, 6) is 0.669. The third-order valence-electron chi connectivity index (χ3n) is 4.85. The molecule has 1 aromatic rings. The van der Waals surface area contributed by atoms with E-state index in [1.807, 2.05) is 4.90 Å². The Labute approximate surface area is 137 Å². The van der Waals surface area contributed by atoms with E-state index >= 15 is 0 Å². The molecule has 1 amide bonds. The zero-order valence-corrected chi connectivity index (χ0v) is 13.4. The summed E-state index contributed by atoms with van der Waals surface area (Å²) in [4.78, 5) is 16.7. The average molecular weight is 313 g/mol. The van der Waals surface area contributed by atoms with Crippen LogP contribution >= 0.6 is 0 Å². The highest BCUT2D eigenvalue weighted by Crippen LogP contribution is 2.24. The maximum atomic E-state index is 12.3. The molecule has 1 aliphatic carbocycles. The number of nitrogens with zero attached hydrogens (tertiary/aromatic N) is 3. The van der Waals surface area contributed by atoms with E-state index in [1.54, 1.807) is 24.3 Å². The van der Waals surface area contributed by atoms with Gasteiger partial charge in [0.2, 0.25) is 0 Å². The van der Waals surface area contributed by atoms with Crippen LogP contribution in [0.15, 0.2) is 24.3 Å². The van der Waals surface area contributed by atoms with Crippen molar-refractivity contribution in [2.45, 2.75) is 31.7 Å². The first-order chi connectivity index (χ1) is 11.3. The van der Waals surface area contributed by atoms with Crippen LogP contribution in [0.5, 0.6) is 5.75 Å². The van der Waals surface area contributed by atoms with Crippen LogP contribution in [0.2, 0.25) is 0 Å². The molecule has 122 valence electrons. The number of amides is 1. The van der Waals surface area contributed by atoms with Crippen LogP contribution in [0.3, 0.4) is 0 Å². The number of hydrogen-bond acceptors (Lipinski definition) is 4. The molecule has 23 heavy (non-hydrogen) atoms. The second kappa shape index (κ2) is 7.47. The highest BCUT2D eigenvalue weighted by molar-refractivity contribution is 5.77. The zero-order valence-electron chi connectivity index (χ0n) is 13.4. The van der Waals surface area contributed by atoms with Crippen molar-refractivity contribution >= 4 is 5.91 Å². The number of carbonyl (C=O) groups excluding carboxylic acids is 1. The number of nitriles is 1. The topological polar surface area (TPSA) is 56.6 Å². The molecule has 1 aliphatic heterocycles. The summed E-state index contributed by atoms with van der Waals surface area (Å²) in [5.41, 5.74) is 0.590. The number of carbonyl (C=O) groups is 1. The summed E-state index contributed by atoms with van der Waals surface area (Å²) >= 11 is 0. The summed E-state index contributed by atoms with van der Waals surface area (Å²) in [6, 6.07) is 9.64. The van der Waals surface area contributed by atoms with Crippen LogP contribution in [-0.4, -0.2) is 54.5 Å². The van der Waals surface area contributed by atoms with Gasteiger partial charge in [0.15, 0.2) is 6.61 Å². The van der Waals surface area contributed by atoms with Gasteiger partial charge in [-0.15, -0.1) is 0 Å². The summed E-state index contributed by atoms with van der Waals surface area (Å²) in [7, 11) is 0. The lowest BCUT2D eigenvalue weighted by Crippen LogP contribution is -2.52. The Balaban J connectivity index is 1.43. The molecule has 5 nitrogen and oxygen atoms in total. The van der Waals surface area contributed by atoms with Gasteiger partial charge in [0.1, 0.15) is 5.75 Å². The Morgan fingerprint density at radius 1 is 1.13 bits per heavy atom. The second-order valence-corrected chi connectivity index (χ2v) is 6.28. The molecule has 0 bridgehead atoms. The van der Waals surface area contributed by atoms with Gasteiger partial charge >= 0.3 is 0 Å². The number of piperazine rings is 1. The van der Waals surface area contributed by atoms with Gasteiger partial charge in [-0.25, -0.2) is 0 Å². The molecule has 0 radical (unpaired) electrons. The van der Waals surface area contributed by atoms with Gasteiger partial charge in [-0.05, 0) is 37.1 Å². The first kappa shape index (κ1) is 15.8. The van der Waals surface area contributed by atoms with E-state index in [9.17, 15) is 4.79 Å². The summed E-state index contributed by atoms with van der Waals surface area (Å²) < 4.78 is 5.53. The van der Waals surface area contributed by atoms with Crippen LogP contribution < -0.4 is 4.74 Å². The molecule has 2 fully saturated rings. The minimum absolute atomic E-state index is 0.0421. The van der Waals surface area contributed by atoms with Crippen LogP contribution in [-0.2, 0) is 4.79 Å². The van der Waals surface area contributed by atoms with E-state index in [1.165, 1.54) is 25.7 Å². The van der Waals surface area contributed by atoms with Gasteiger partial charge in [0, 0.05) is 32.2 Å². The van der Waals surface area contributed by atoms with Gasteiger partial charge < -0.3 is 9.64 Å². The minimum atomic E-state index is 0.0421. The van der Waals surface area contributed by atoms with Crippen molar-refractivity contribution < 1.29 is 9.53 Å². The molecule has 0 atom stereocenters. The highest BCUT2D eigenvalue weighted by atomic mass is 16.5. The molecular formula is C18H23N3O2. The maximum absolute atomic E-state index is 12.3. The van der Waals surface area contributed by atoms with Crippen molar-refractivity contribution in [2.75, 3.05) is 32.8 Å². The molecule has 0 unspecified atom stereocenters. The Bertz CT molecular complexity index is 565. The number of rotatable bonds is 4. The lowest BCUT2D eigenvalue weighted by molar-refractivity contribution is -0.135. The molecule has 0 spiro atoms. The fraction of sp³-hybridized carbons (Fsp3) is 0.556. The molecule has 1 aromatic carbocycles. The smallest absolute Gasteiger partial charge is 0.260 e. The number of benzene rings is 1. The molecule has 2 aliphatic rings.